The first-order chi connectivity index (χ1) is 10.0. The number of aromatic nitrogens is 2. The van der Waals surface area contributed by atoms with Crippen LogP contribution in [0.4, 0.5) is 5.82 Å². The number of piperazine rings is 1. The van der Waals surface area contributed by atoms with Crippen LogP contribution < -0.4 is 10.5 Å². The SMILES string of the molecule is CN1CCN(c2cc3[nH]c(=O)c(C(=O)O)cc3cn2)CC1. The molecule has 0 aromatic carbocycles. The summed E-state index contributed by atoms with van der Waals surface area (Å²) in [5.74, 6) is -0.435. The van der Waals surface area contributed by atoms with E-state index in [2.05, 4.69) is 26.8 Å². The highest BCUT2D eigenvalue weighted by Crippen LogP contribution is 2.18. The van der Waals surface area contributed by atoms with E-state index in [1.54, 1.807) is 12.3 Å². The van der Waals surface area contributed by atoms with Crippen LogP contribution in [0.3, 0.4) is 0 Å². The van der Waals surface area contributed by atoms with Gasteiger partial charge in [0.2, 0.25) is 0 Å². The van der Waals surface area contributed by atoms with Crippen LogP contribution in [0.25, 0.3) is 10.9 Å². The first kappa shape index (κ1) is 13.6. The van der Waals surface area contributed by atoms with Gasteiger partial charge in [-0.05, 0) is 13.1 Å². The molecule has 2 N–H and O–H groups in total. The average Bonchev–Trinajstić information content (AvgIpc) is 2.46. The second-order valence-corrected chi connectivity index (χ2v) is 5.24. The van der Waals surface area contributed by atoms with Gasteiger partial charge in [0, 0.05) is 43.8 Å². The van der Waals surface area contributed by atoms with Crippen molar-refractivity contribution in [1.82, 2.24) is 14.9 Å². The zero-order valence-electron chi connectivity index (χ0n) is 11.7. The van der Waals surface area contributed by atoms with E-state index in [9.17, 15) is 9.59 Å². The molecule has 1 fully saturated rings. The number of aromatic carboxylic acids is 1. The van der Waals surface area contributed by atoms with Crippen molar-refractivity contribution in [3.63, 3.8) is 0 Å². The lowest BCUT2D eigenvalue weighted by Gasteiger charge is -2.33. The highest BCUT2D eigenvalue weighted by molar-refractivity contribution is 5.92. The van der Waals surface area contributed by atoms with Crippen LogP contribution in [0, 0.1) is 0 Å². The highest BCUT2D eigenvalue weighted by atomic mass is 16.4. The molecular weight excluding hydrogens is 272 g/mol. The molecule has 7 heteroatoms. The minimum Gasteiger partial charge on any atom is -0.477 e. The van der Waals surface area contributed by atoms with E-state index in [0.29, 0.717) is 10.9 Å². The molecule has 3 rings (SSSR count). The second kappa shape index (κ2) is 5.17. The molecule has 0 spiro atoms. The number of nitrogens with zero attached hydrogens (tertiary/aromatic N) is 3. The summed E-state index contributed by atoms with van der Waals surface area (Å²) in [4.78, 5) is 34.1. The number of H-pyrrole nitrogens is 1. The summed E-state index contributed by atoms with van der Waals surface area (Å²) >= 11 is 0. The molecule has 110 valence electrons. The standard InChI is InChI=1S/C14H16N4O3/c1-17-2-4-18(5-3-17)12-7-11-9(8-15-12)6-10(14(20)21)13(19)16-11/h6-8H,2-5H2,1H3,(H,16,19)(H,20,21). The minimum atomic E-state index is -1.23. The molecule has 2 aromatic heterocycles. The van der Waals surface area contributed by atoms with Gasteiger partial charge in [-0.25, -0.2) is 9.78 Å². The van der Waals surface area contributed by atoms with Crippen molar-refractivity contribution in [2.75, 3.05) is 38.1 Å². The van der Waals surface area contributed by atoms with Crippen molar-refractivity contribution in [3.8, 4) is 0 Å². The number of fused-ring (bicyclic) bond motifs is 1. The molecule has 1 aliphatic heterocycles. The summed E-state index contributed by atoms with van der Waals surface area (Å²) in [7, 11) is 2.08. The summed E-state index contributed by atoms with van der Waals surface area (Å²) in [5, 5.41) is 9.57. The minimum absolute atomic E-state index is 0.267. The number of carbonyl (C=O) groups is 1. The number of aromatic amines is 1. The van der Waals surface area contributed by atoms with Gasteiger partial charge >= 0.3 is 5.97 Å². The smallest absolute Gasteiger partial charge is 0.341 e. The summed E-state index contributed by atoms with van der Waals surface area (Å²) in [6.07, 6.45) is 1.60. The fourth-order valence-electron chi connectivity index (χ4n) is 2.46. The number of hydrogen-bond acceptors (Lipinski definition) is 5. The van der Waals surface area contributed by atoms with Gasteiger partial charge in [0.05, 0.1) is 5.52 Å². The molecule has 7 nitrogen and oxygen atoms in total. The van der Waals surface area contributed by atoms with Crippen LogP contribution in [0.5, 0.6) is 0 Å². The average molecular weight is 288 g/mol. The lowest BCUT2D eigenvalue weighted by Crippen LogP contribution is -2.44. The third kappa shape index (κ3) is 2.59. The van der Waals surface area contributed by atoms with E-state index < -0.39 is 11.5 Å². The van der Waals surface area contributed by atoms with Gasteiger partial charge in [-0.2, -0.15) is 0 Å². The van der Waals surface area contributed by atoms with E-state index >= 15 is 0 Å². The van der Waals surface area contributed by atoms with Gasteiger partial charge < -0.3 is 19.9 Å². The van der Waals surface area contributed by atoms with E-state index in [1.165, 1.54) is 6.07 Å². The van der Waals surface area contributed by atoms with Gasteiger partial charge in [-0.3, -0.25) is 4.79 Å². The molecule has 2 aromatic rings. The molecule has 0 bridgehead atoms. The summed E-state index contributed by atoms with van der Waals surface area (Å²) < 4.78 is 0. The fourth-order valence-corrected chi connectivity index (χ4v) is 2.46. The van der Waals surface area contributed by atoms with Gasteiger partial charge in [0.1, 0.15) is 11.4 Å². The normalized spacial score (nSPS) is 16.3. The Balaban J connectivity index is 1.99. The molecule has 3 heterocycles. The predicted molar refractivity (Wildman–Crippen MR) is 79.0 cm³/mol. The van der Waals surface area contributed by atoms with Crippen molar-refractivity contribution in [2.24, 2.45) is 0 Å². The van der Waals surface area contributed by atoms with Gasteiger partial charge in [0.15, 0.2) is 0 Å². The van der Waals surface area contributed by atoms with Crippen LogP contribution in [-0.2, 0) is 0 Å². The van der Waals surface area contributed by atoms with E-state index in [-0.39, 0.29) is 5.56 Å². The third-order valence-electron chi connectivity index (χ3n) is 3.77. The number of pyridine rings is 2. The maximum atomic E-state index is 11.7. The lowest BCUT2D eigenvalue weighted by atomic mass is 10.2. The number of likely N-dealkylation sites (N-methyl/N-ethyl adjacent to an activating group) is 1. The largest absolute Gasteiger partial charge is 0.477 e. The first-order valence-electron chi connectivity index (χ1n) is 6.74. The molecule has 0 saturated carbocycles. The first-order valence-corrected chi connectivity index (χ1v) is 6.74. The maximum Gasteiger partial charge on any atom is 0.341 e. The zero-order valence-corrected chi connectivity index (χ0v) is 11.7. The summed E-state index contributed by atoms with van der Waals surface area (Å²) in [6, 6.07) is 3.16. The molecule has 0 atom stereocenters. The Kier molecular flexibility index (Phi) is 3.34. The molecule has 0 unspecified atom stereocenters. The molecule has 21 heavy (non-hydrogen) atoms. The third-order valence-corrected chi connectivity index (χ3v) is 3.77. The Labute approximate surface area is 120 Å². The number of nitrogens with one attached hydrogen (secondary N) is 1. The van der Waals surface area contributed by atoms with Gasteiger partial charge in [-0.1, -0.05) is 0 Å². The molecule has 1 aliphatic rings. The Hall–Kier alpha value is -2.41. The van der Waals surface area contributed by atoms with Crippen LogP contribution in [0.15, 0.2) is 23.1 Å². The van der Waals surface area contributed by atoms with E-state index in [1.807, 2.05) is 0 Å². The quantitative estimate of drug-likeness (QED) is 0.830. The molecule has 0 aliphatic carbocycles. The number of hydrogen-bond donors (Lipinski definition) is 2. The maximum absolute atomic E-state index is 11.7. The highest BCUT2D eigenvalue weighted by Gasteiger charge is 2.16. The molecule has 0 amide bonds. The van der Waals surface area contributed by atoms with Crippen LogP contribution in [0.1, 0.15) is 10.4 Å². The topological polar surface area (TPSA) is 89.5 Å². The molecular formula is C14H16N4O3. The van der Waals surface area contributed by atoms with Crippen molar-refractivity contribution >= 4 is 22.7 Å². The Morgan fingerprint density at radius 1 is 1.29 bits per heavy atom. The Morgan fingerprint density at radius 2 is 2.00 bits per heavy atom. The Morgan fingerprint density at radius 3 is 2.67 bits per heavy atom. The monoisotopic (exact) mass is 288 g/mol. The van der Waals surface area contributed by atoms with Crippen LogP contribution in [-0.4, -0.2) is 59.2 Å². The lowest BCUT2D eigenvalue weighted by molar-refractivity contribution is 0.0695. The van der Waals surface area contributed by atoms with E-state index in [0.717, 1.165) is 32.0 Å². The molecule has 1 saturated heterocycles. The van der Waals surface area contributed by atoms with Crippen molar-refractivity contribution in [2.45, 2.75) is 0 Å². The summed E-state index contributed by atoms with van der Waals surface area (Å²) in [5.41, 5.74) is -0.254. The number of anilines is 1. The fraction of sp³-hybridized carbons (Fsp3) is 0.357. The van der Waals surface area contributed by atoms with Gasteiger partial charge in [-0.15, -0.1) is 0 Å². The van der Waals surface area contributed by atoms with Crippen molar-refractivity contribution < 1.29 is 9.90 Å². The predicted octanol–water partition coefficient (Wildman–Crippen LogP) is 0.373. The van der Waals surface area contributed by atoms with E-state index in [4.69, 9.17) is 5.11 Å². The number of rotatable bonds is 2. The number of carboxylic acids is 1. The number of carboxylic acid groups (broad SMARTS) is 1. The Bertz CT molecular complexity index is 747. The van der Waals surface area contributed by atoms with Crippen LogP contribution in [0.2, 0.25) is 0 Å². The molecule has 0 radical (unpaired) electrons. The van der Waals surface area contributed by atoms with Crippen LogP contribution >= 0.6 is 0 Å². The van der Waals surface area contributed by atoms with Crippen molar-refractivity contribution in [1.29, 1.82) is 0 Å². The second-order valence-electron chi connectivity index (χ2n) is 5.24. The summed E-state index contributed by atoms with van der Waals surface area (Å²) in [6.45, 7) is 3.70. The zero-order chi connectivity index (χ0) is 15.0. The van der Waals surface area contributed by atoms with Gasteiger partial charge in [0.25, 0.3) is 5.56 Å². The van der Waals surface area contributed by atoms with Crippen molar-refractivity contribution in [3.05, 3.63) is 34.2 Å².